The van der Waals surface area contributed by atoms with Crippen molar-refractivity contribution in [3.05, 3.63) is 63.6 Å². The molecule has 0 radical (unpaired) electrons. The average Bonchev–Trinajstić information content (AvgIpc) is 2.51. The van der Waals surface area contributed by atoms with Crippen molar-refractivity contribution in [1.29, 1.82) is 0 Å². The number of amides is 1. The number of aromatic amines is 1. The summed E-state index contributed by atoms with van der Waals surface area (Å²) in [4.78, 5) is 28.7. The molecule has 0 aliphatic heterocycles. The van der Waals surface area contributed by atoms with Crippen molar-refractivity contribution in [3.63, 3.8) is 0 Å². The van der Waals surface area contributed by atoms with Gasteiger partial charge < -0.3 is 20.1 Å². The molecule has 0 aliphatic carbocycles. The van der Waals surface area contributed by atoms with Gasteiger partial charge in [-0.05, 0) is 31.5 Å². The van der Waals surface area contributed by atoms with E-state index in [-0.39, 0.29) is 23.3 Å². The van der Waals surface area contributed by atoms with Gasteiger partial charge in [0.15, 0.2) is 5.43 Å². The number of likely N-dealkylation sites (N-methyl/N-ethyl adjacent to an activating group) is 1. The van der Waals surface area contributed by atoms with E-state index in [2.05, 4.69) is 4.98 Å². The summed E-state index contributed by atoms with van der Waals surface area (Å²) in [6.45, 7) is 3.89. The number of aromatic nitrogens is 1. The summed E-state index contributed by atoms with van der Waals surface area (Å²) >= 11 is 0. The zero-order valence-corrected chi connectivity index (χ0v) is 13.1. The SMILES string of the molecule is CCN(CC(O)c1cccc(O)c1)C(=O)c1c[nH]c(C)cc1=O. The minimum atomic E-state index is -0.949. The van der Waals surface area contributed by atoms with E-state index in [4.69, 9.17) is 0 Å². The highest BCUT2D eigenvalue weighted by Gasteiger charge is 2.21. The molecule has 1 aromatic heterocycles. The van der Waals surface area contributed by atoms with Crippen molar-refractivity contribution in [1.82, 2.24) is 9.88 Å². The Morgan fingerprint density at radius 3 is 2.70 bits per heavy atom. The molecule has 1 heterocycles. The fourth-order valence-electron chi connectivity index (χ4n) is 2.31. The molecule has 6 heteroatoms. The number of phenols is 1. The first kappa shape index (κ1) is 16.8. The molecule has 1 unspecified atom stereocenters. The second-order valence-electron chi connectivity index (χ2n) is 5.35. The molecule has 2 rings (SSSR count). The van der Waals surface area contributed by atoms with Crippen molar-refractivity contribution in [2.45, 2.75) is 20.0 Å². The molecule has 0 spiro atoms. The van der Waals surface area contributed by atoms with E-state index >= 15 is 0 Å². The third-order valence-corrected chi connectivity index (χ3v) is 3.60. The van der Waals surface area contributed by atoms with Crippen LogP contribution in [0.3, 0.4) is 0 Å². The first-order valence-electron chi connectivity index (χ1n) is 7.38. The molecule has 2 aromatic rings. The highest BCUT2D eigenvalue weighted by Crippen LogP contribution is 2.19. The van der Waals surface area contributed by atoms with Gasteiger partial charge >= 0.3 is 0 Å². The largest absolute Gasteiger partial charge is 0.508 e. The number of aryl methyl sites for hydroxylation is 1. The number of aromatic hydroxyl groups is 1. The molecule has 3 N–H and O–H groups in total. The van der Waals surface area contributed by atoms with Crippen LogP contribution in [-0.4, -0.2) is 39.1 Å². The number of pyridine rings is 1. The van der Waals surface area contributed by atoms with Crippen LogP contribution in [-0.2, 0) is 0 Å². The lowest BCUT2D eigenvalue weighted by Crippen LogP contribution is -2.37. The summed E-state index contributed by atoms with van der Waals surface area (Å²) in [5, 5.41) is 19.7. The van der Waals surface area contributed by atoms with Gasteiger partial charge in [-0.3, -0.25) is 9.59 Å². The van der Waals surface area contributed by atoms with Crippen LogP contribution in [0, 0.1) is 6.92 Å². The molecule has 23 heavy (non-hydrogen) atoms. The molecule has 1 aromatic carbocycles. The number of rotatable bonds is 5. The van der Waals surface area contributed by atoms with E-state index in [1.165, 1.54) is 29.3 Å². The second-order valence-corrected chi connectivity index (χ2v) is 5.35. The van der Waals surface area contributed by atoms with Gasteiger partial charge in [0.1, 0.15) is 11.3 Å². The van der Waals surface area contributed by atoms with Crippen LogP contribution in [0.25, 0.3) is 0 Å². The predicted molar refractivity (Wildman–Crippen MR) is 86.4 cm³/mol. The van der Waals surface area contributed by atoms with Crippen molar-refractivity contribution >= 4 is 5.91 Å². The van der Waals surface area contributed by atoms with Gasteiger partial charge in [-0.2, -0.15) is 0 Å². The lowest BCUT2D eigenvalue weighted by molar-refractivity contribution is 0.0633. The summed E-state index contributed by atoms with van der Waals surface area (Å²) in [5.74, 6) is -0.390. The zero-order chi connectivity index (χ0) is 17.0. The average molecular weight is 316 g/mol. The lowest BCUT2D eigenvalue weighted by Gasteiger charge is -2.24. The minimum absolute atomic E-state index is 0.0338. The fourth-order valence-corrected chi connectivity index (χ4v) is 2.31. The number of nitrogens with zero attached hydrogens (tertiary/aromatic N) is 1. The highest BCUT2D eigenvalue weighted by molar-refractivity contribution is 5.93. The van der Waals surface area contributed by atoms with Gasteiger partial charge in [0.25, 0.3) is 5.91 Å². The third kappa shape index (κ3) is 3.98. The van der Waals surface area contributed by atoms with Crippen LogP contribution in [0.15, 0.2) is 41.3 Å². The molecule has 1 atom stereocenters. The van der Waals surface area contributed by atoms with E-state index in [9.17, 15) is 19.8 Å². The Labute approximate surface area is 134 Å². The summed E-state index contributed by atoms with van der Waals surface area (Å²) in [7, 11) is 0. The quantitative estimate of drug-likeness (QED) is 0.781. The number of phenolic OH excluding ortho intramolecular Hbond substituents is 1. The molecule has 0 fully saturated rings. The van der Waals surface area contributed by atoms with Crippen molar-refractivity contribution in [3.8, 4) is 5.75 Å². The number of aliphatic hydroxyl groups excluding tert-OH is 1. The van der Waals surface area contributed by atoms with Gasteiger partial charge in [-0.1, -0.05) is 12.1 Å². The summed E-state index contributed by atoms with van der Waals surface area (Å²) in [6, 6.07) is 7.61. The summed E-state index contributed by atoms with van der Waals surface area (Å²) < 4.78 is 0. The Morgan fingerprint density at radius 2 is 2.09 bits per heavy atom. The number of aliphatic hydroxyl groups is 1. The molecule has 1 amide bonds. The van der Waals surface area contributed by atoms with Crippen LogP contribution < -0.4 is 5.43 Å². The van der Waals surface area contributed by atoms with Crippen LogP contribution >= 0.6 is 0 Å². The minimum Gasteiger partial charge on any atom is -0.508 e. The Bertz CT molecular complexity index is 754. The normalized spacial score (nSPS) is 12.0. The number of carbonyl (C=O) groups excluding carboxylic acids is 1. The third-order valence-electron chi connectivity index (χ3n) is 3.60. The summed E-state index contributed by atoms with van der Waals surface area (Å²) in [6.07, 6.45) is 0.444. The Balaban J connectivity index is 2.19. The van der Waals surface area contributed by atoms with E-state index in [0.717, 1.165) is 0 Å². The Kier molecular flexibility index (Phi) is 5.18. The predicted octanol–water partition coefficient (Wildman–Crippen LogP) is 1.58. The smallest absolute Gasteiger partial charge is 0.259 e. The van der Waals surface area contributed by atoms with Crippen LogP contribution in [0.1, 0.15) is 34.6 Å². The van der Waals surface area contributed by atoms with Gasteiger partial charge in [0.05, 0.1) is 12.6 Å². The molecule has 0 saturated heterocycles. The van der Waals surface area contributed by atoms with Crippen molar-refractivity contribution in [2.75, 3.05) is 13.1 Å². The van der Waals surface area contributed by atoms with E-state index in [0.29, 0.717) is 17.8 Å². The molecular weight excluding hydrogens is 296 g/mol. The molecule has 0 bridgehead atoms. The zero-order valence-electron chi connectivity index (χ0n) is 13.1. The maximum absolute atomic E-state index is 12.5. The first-order chi connectivity index (χ1) is 10.9. The van der Waals surface area contributed by atoms with Crippen molar-refractivity contribution in [2.24, 2.45) is 0 Å². The second kappa shape index (κ2) is 7.11. The molecular formula is C17H20N2O4. The van der Waals surface area contributed by atoms with E-state index < -0.39 is 12.0 Å². The summed E-state index contributed by atoms with van der Waals surface area (Å²) in [5.41, 5.74) is 0.876. The molecule has 6 nitrogen and oxygen atoms in total. The monoisotopic (exact) mass is 316 g/mol. The standard InChI is InChI=1S/C17H20N2O4/c1-3-19(10-16(22)12-5-4-6-13(20)8-12)17(23)14-9-18-11(2)7-15(14)21/h4-9,16,20,22H,3,10H2,1-2H3,(H,18,21). The Morgan fingerprint density at radius 1 is 1.35 bits per heavy atom. The lowest BCUT2D eigenvalue weighted by atomic mass is 10.1. The van der Waals surface area contributed by atoms with Gasteiger partial charge in [0.2, 0.25) is 0 Å². The molecule has 0 aliphatic rings. The topological polar surface area (TPSA) is 93.6 Å². The van der Waals surface area contributed by atoms with Crippen LogP contribution in [0.4, 0.5) is 0 Å². The van der Waals surface area contributed by atoms with Gasteiger partial charge in [0, 0.05) is 24.5 Å². The molecule has 0 saturated carbocycles. The highest BCUT2D eigenvalue weighted by atomic mass is 16.3. The van der Waals surface area contributed by atoms with Crippen molar-refractivity contribution < 1.29 is 15.0 Å². The first-order valence-corrected chi connectivity index (χ1v) is 7.38. The number of H-pyrrole nitrogens is 1. The maximum Gasteiger partial charge on any atom is 0.259 e. The number of hydrogen-bond donors (Lipinski definition) is 3. The fraction of sp³-hybridized carbons (Fsp3) is 0.294. The van der Waals surface area contributed by atoms with Gasteiger partial charge in [-0.25, -0.2) is 0 Å². The van der Waals surface area contributed by atoms with Gasteiger partial charge in [-0.15, -0.1) is 0 Å². The van der Waals surface area contributed by atoms with Crippen LogP contribution in [0.5, 0.6) is 5.75 Å². The maximum atomic E-state index is 12.5. The van der Waals surface area contributed by atoms with Crippen LogP contribution in [0.2, 0.25) is 0 Å². The van der Waals surface area contributed by atoms with E-state index in [1.807, 2.05) is 0 Å². The number of carbonyl (C=O) groups is 1. The van der Waals surface area contributed by atoms with E-state index in [1.54, 1.807) is 26.0 Å². The number of nitrogens with one attached hydrogen (secondary N) is 1. The number of hydrogen-bond acceptors (Lipinski definition) is 4. The Hall–Kier alpha value is -2.60. The number of benzene rings is 1. The molecule has 122 valence electrons.